The van der Waals surface area contributed by atoms with Gasteiger partial charge in [0.25, 0.3) is 0 Å². The van der Waals surface area contributed by atoms with Gasteiger partial charge in [-0.1, -0.05) is 24.6 Å². The van der Waals surface area contributed by atoms with Crippen molar-refractivity contribution in [3.8, 4) is 0 Å². The maximum Gasteiger partial charge on any atom is 0.306 e. The molecule has 1 aromatic rings. The molecule has 1 unspecified atom stereocenters. The van der Waals surface area contributed by atoms with E-state index in [1.165, 1.54) is 11.1 Å². The second kappa shape index (κ2) is 5.54. The normalized spacial score (nSPS) is 12.2. The molecule has 1 atom stereocenters. The van der Waals surface area contributed by atoms with Gasteiger partial charge in [-0.3, -0.25) is 4.79 Å². The zero-order valence-electron chi connectivity index (χ0n) is 10.1. The van der Waals surface area contributed by atoms with Gasteiger partial charge in [-0.05, 0) is 31.9 Å². The summed E-state index contributed by atoms with van der Waals surface area (Å²) in [6, 6.07) is 6.20. The van der Waals surface area contributed by atoms with Crippen LogP contribution in [0.2, 0.25) is 0 Å². The lowest BCUT2D eigenvalue weighted by molar-refractivity contribution is -0.141. The van der Waals surface area contributed by atoms with Crippen molar-refractivity contribution in [1.82, 2.24) is 0 Å². The fraction of sp³-hybridized carbons (Fsp3) is 0.462. The summed E-state index contributed by atoms with van der Waals surface area (Å²) in [5.74, 6) is -1.03. The largest absolute Gasteiger partial charge is 0.481 e. The number of hydrogen-bond donors (Lipinski definition) is 2. The minimum atomic E-state index is -0.734. The Morgan fingerprint density at radius 3 is 2.69 bits per heavy atom. The van der Waals surface area contributed by atoms with Gasteiger partial charge in [0.2, 0.25) is 0 Å². The topological polar surface area (TPSA) is 49.3 Å². The van der Waals surface area contributed by atoms with E-state index in [-0.39, 0.29) is 5.92 Å². The van der Waals surface area contributed by atoms with Gasteiger partial charge in [0.15, 0.2) is 0 Å². The Labute approximate surface area is 96.5 Å². The molecule has 0 saturated heterocycles. The average Bonchev–Trinajstić information content (AvgIpc) is 2.20. The van der Waals surface area contributed by atoms with Crippen molar-refractivity contribution in [3.05, 3.63) is 29.3 Å². The van der Waals surface area contributed by atoms with Gasteiger partial charge >= 0.3 is 5.97 Å². The first-order valence-corrected chi connectivity index (χ1v) is 5.54. The van der Waals surface area contributed by atoms with E-state index in [0.29, 0.717) is 13.0 Å². The first-order chi connectivity index (χ1) is 7.50. The average molecular weight is 221 g/mol. The number of carbonyl (C=O) groups is 1. The Balaban J connectivity index is 2.46. The van der Waals surface area contributed by atoms with Crippen LogP contribution in [0.3, 0.4) is 0 Å². The van der Waals surface area contributed by atoms with Crippen LogP contribution in [0.5, 0.6) is 0 Å². The zero-order chi connectivity index (χ0) is 12.1. The van der Waals surface area contributed by atoms with Gasteiger partial charge in [-0.15, -0.1) is 0 Å². The molecule has 1 aromatic carbocycles. The number of aliphatic carboxylic acids is 1. The lowest BCUT2D eigenvalue weighted by atomic mass is 10.1. The molecule has 0 aliphatic rings. The van der Waals surface area contributed by atoms with Crippen LogP contribution in [0.1, 0.15) is 24.5 Å². The fourth-order valence-corrected chi connectivity index (χ4v) is 1.56. The molecule has 16 heavy (non-hydrogen) atoms. The molecule has 3 heteroatoms. The van der Waals surface area contributed by atoms with Gasteiger partial charge in [-0.25, -0.2) is 0 Å². The molecule has 88 valence electrons. The zero-order valence-corrected chi connectivity index (χ0v) is 10.1. The van der Waals surface area contributed by atoms with E-state index in [2.05, 4.69) is 31.3 Å². The highest BCUT2D eigenvalue weighted by Crippen LogP contribution is 2.16. The van der Waals surface area contributed by atoms with Gasteiger partial charge in [-0.2, -0.15) is 0 Å². The first-order valence-electron chi connectivity index (χ1n) is 5.54. The highest BCUT2D eigenvalue weighted by Gasteiger charge is 2.09. The van der Waals surface area contributed by atoms with Gasteiger partial charge in [0.1, 0.15) is 0 Å². The molecule has 0 aromatic heterocycles. The van der Waals surface area contributed by atoms with Crippen molar-refractivity contribution in [2.45, 2.75) is 27.2 Å². The predicted octanol–water partition coefficient (Wildman–Crippen LogP) is 2.83. The van der Waals surface area contributed by atoms with E-state index in [9.17, 15) is 4.79 Å². The molecule has 0 fully saturated rings. The molecule has 0 aliphatic heterocycles. The molecule has 0 bridgehead atoms. The minimum Gasteiger partial charge on any atom is -0.481 e. The number of aryl methyl sites for hydroxylation is 2. The molecule has 0 heterocycles. The summed E-state index contributed by atoms with van der Waals surface area (Å²) >= 11 is 0. The molecular weight excluding hydrogens is 202 g/mol. The van der Waals surface area contributed by atoms with E-state index >= 15 is 0 Å². The Hall–Kier alpha value is -1.51. The fourth-order valence-electron chi connectivity index (χ4n) is 1.56. The molecule has 0 amide bonds. The Morgan fingerprint density at radius 1 is 1.44 bits per heavy atom. The van der Waals surface area contributed by atoms with Crippen molar-refractivity contribution in [2.24, 2.45) is 5.92 Å². The van der Waals surface area contributed by atoms with Crippen molar-refractivity contribution in [1.29, 1.82) is 0 Å². The number of carboxylic acid groups (broad SMARTS) is 1. The summed E-state index contributed by atoms with van der Waals surface area (Å²) in [6.45, 7) is 6.53. The summed E-state index contributed by atoms with van der Waals surface area (Å²) < 4.78 is 0. The number of benzene rings is 1. The molecule has 0 radical (unpaired) electrons. The van der Waals surface area contributed by atoms with Crippen LogP contribution in [0.25, 0.3) is 0 Å². The maximum atomic E-state index is 10.6. The van der Waals surface area contributed by atoms with Crippen LogP contribution in [0.15, 0.2) is 18.2 Å². The number of rotatable bonds is 5. The lowest BCUT2D eigenvalue weighted by Gasteiger charge is -2.11. The van der Waals surface area contributed by atoms with Crippen LogP contribution in [-0.4, -0.2) is 17.6 Å². The molecule has 1 rings (SSSR count). The maximum absolute atomic E-state index is 10.6. The third kappa shape index (κ3) is 3.57. The monoisotopic (exact) mass is 221 g/mol. The standard InChI is InChI=1S/C13H19NO2/c1-9-4-5-12(11(3)8-9)14-7-6-10(2)13(15)16/h4-5,8,10,14H,6-7H2,1-3H3,(H,15,16). The Kier molecular flexibility index (Phi) is 4.35. The molecule has 0 saturated carbocycles. The summed E-state index contributed by atoms with van der Waals surface area (Å²) in [7, 11) is 0. The molecule has 0 aliphatic carbocycles. The quantitative estimate of drug-likeness (QED) is 0.803. The van der Waals surface area contributed by atoms with E-state index in [1.807, 2.05) is 6.07 Å². The van der Waals surface area contributed by atoms with E-state index in [0.717, 1.165) is 5.69 Å². The molecule has 2 N–H and O–H groups in total. The highest BCUT2D eigenvalue weighted by atomic mass is 16.4. The van der Waals surface area contributed by atoms with Gasteiger partial charge in [0, 0.05) is 12.2 Å². The lowest BCUT2D eigenvalue weighted by Crippen LogP contribution is -2.14. The second-order valence-corrected chi connectivity index (χ2v) is 4.27. The first kappa shape index (κ1) is 12.6. The Bertz CT molecular complexity index is 374. The number of nitrogens with one attached hydrogen (secondary N) is 1. The number of anilines is 1. The third-order valence-electron chi connectivity index (χ3n) is 2.70. The third-order valence-corrected chi connectivity index (χ3v) is 2.70. The number of carboxylic acids is 1. The summed E-state index contributed by atoms with van der Waals surface area (Å²) in [5.41, 5.74) is 3.52. The van der Waals surface area contributed by atoms with Crippen molar-refractivity contribution >= 4 is 11.7 Å². The van der Waals surface area contributed by atoms with E-state index in [4.69, 9.17) is 5.11 Å². The van der Waals surface area contributed by atoms with Crippen LogP contribution < -0.4 is 5.32 Å². The SMILES string of the molecule is Cc1ccc(NCCC(C)C(=O)O)c(C)c1. The molecular formula is C13H19NO2. The smallest absolute Gasteiger partial charge is 0.306 e. The van der Waals surface area contributed by atoms with E-state index < -0.39 is 5.97 Å². The predicted molar refractivity (Wildman–Crippen MR) is 65.8 cm³/mol. The van der Waals surface area contributed by atoms with E-state index in [1.54, 1.807) is 6.92 Å². The van der Waals surface area contributed by atoms with Gasteiger partial charge < -0.3 is 10.4 Å². The number of hydrogen-bond acceptors (Lipinski definition) is 2. The summed E-state index contributed by atoms with van der Waals surface area (Å²) in [4.78, 5) is 10.6. The van der Waals surface area contributed by atoms with Crippen LogP contribution >= 0.6 is 0 Å². The second-order valence-electron chi connectivity index (χ2n) is 4.27. The van der Waals surface area contributed by atoms with Crippen molar-refractivity contribution in [2.75, 3.05) is 11.9 Å². The van der Waals surface area contributed by atoms with Crippen molar-refractivity contribution < 1.29 is 9.90 Å². The van der Waals surface area contributed by atoms with Crippen LogP contribution in [0.4, 0.5) is 5.69 Å². The highest BCUT2D eigenvalue weighted by molar-refractivity contribution is 5.69. The van der Waals surface area contributed by atoms with Crippen molar-refractivity contribution in [3.63, 3.8) is 0 Å². The summed E-state index contributed by atoms with van der Waals surface area (Å²) in [5, 5.41) is 12.0. The summed E-state index contributed by atoms with van der Waals surface area (Å²) in [6.07, 6.45) is 0.642. The van der Waals surface area contributed by atoms with Crippen LogP contribution in [0, 0.1) is 19.8 Å². The molecule has 0 spiro atoms. The Morgan fingerprint density at radius 2 is 2.12 bits per heavy atom. The minimum absolute atomic E-state index is 0.293. The van der Waals surface area contributed by atoms with Crippen LogP contribution in [-0.2, 0) is 4.79 Å². The van der Waals surface area contributed by atoms with Gasteiger partial charge in [0.05, 0.1) is 5.92 Å². The molecule has 3 nitrogen and oxygen atoms in total.